The quantitative estimate of drug-likeness (QED) is 0.734. The van der Waals surface area contributed by atoms with Gasteiger partial charge in [0.2, 0.25) is 12.7 Å². The van der Waals surface area contributed by atoms with E-state index in [1.54, 1.807) is 24.3 Å². The minimum atomic E-state index is -0.424. The lowest BCUT2D eigenvalue weighted by atomic mass is 10.1. The maximum absolute atomic E-state index is 12.3. The number of fused-ring (bicyclic) bond motifs is 1. The number of halogens is 1. The summed E-state index contributed by atoms with van der Waals surface area (Å²) >= 11 is 6.13. The Hall–Kier alpha value is -2.73. The molecule has 140 valence electrons. The number of amides is 1. The van der Waals surface area contributed by atoms with Crippen molar-refractivity contribution >= 4 is 23.5 Å². The number of likely N-dealkylation sites (tertiary alicyclic amines) is 1. The number of rotatable bonds is 5. The van der Waals surface area contributed by atoms with Crippen LogP contribution in [0.3, 0.4) is 0 Å². The van der Waals surface area contributed by atoms with Gasteiger partial charge in [-0.2, -0.15) is 0 Å². The van der Waals surface area contributed by atoms with Crippen LogP contribution in [0.25, 0.3) is 0 Å². The van der Waals surface area contributed by atoms with E-state index in [1.165, 1.54) is 0 Å². The third-order valence-electron chi connectivity index (χ3n) is 4.59. The van der Waals surface area contributed by atoms with Gasteiger partial charge in [0, 0.05) is 19.5 Å². The predicted octanol–water partition coefficient (Wildman–Crippen LogP) is 3.55. The van der Waals surface area contributed by atoms with E-state index in [0.717, 1.165) is 24.1 Å². The zero-order valence-corrected chi connectivity index (χ0v) is 15.3. The maximum Gasteiger partial charge on any atom is 0.338 e. The highest BCUT2D eigenvalue weighted by molar-refractivity contribution is 6.32. The lowest BCUT2D eigenvalue weighted by Gasteiger charge is -2.15. The van der Waals surface area contributed by atoms with Crippen molar-refractivity contribution in [2.45, 2.75) is 26.0 Å². The molecular weight excluding hydrogens is 370 g/mol. The van der Waals surface area contributed by atoms with E-state index in [4.69, 9.17) is 25.8 Å². The van der Waals surface area contributed by atoms with Gasteiger partial charge in [-0.1, -0.05) is 23.7 Å². The van der Waals surface area contributed by atoms with Crippen LogP contribution >= 0.6 is 11.6 Å². The summed E-state index contributed by atoms with van der Waals surface area (Å²) in [6, 6.07) is 10.6. The van der Waals surface area contributed by atoms with E-state index in [0.29, 0.717) is 35.1 Å². The topological polar surface area (TPSA) is 65.1 Å². The molecule has 4 rings (SSSR count). The van der Waals surface area contributed by atoms with Gasteiger partial charge in [-0.05, 0) is 41.8 Å². The average molecular weight is 388 g/mol. The van der Waals surface area contributed by atoms with Crippen LogP contribution in [0.1, 0.15) is 34.3 Å². The Morgan fingerprint density at radius 2 is 1.96 bits per heavy atom. The lowest BCUT2D eigenvalue weighted by Crippen LogP contribution is -2.23. The number of hydrogen-bond donors (Lipinski definition) is 0. The van der Waals surface area contributed by atoms with Gasteiger partial charge in [-0.25, -0.2) is 4.79 Å². The Morgan fingerprint density at radius 3 is 2.70 bits per heavy atom. The standard InChI is InChI=1S/C20H18ClNO5/c21-16-8-14(9-17-19(16)27-12-26-17)11-25-20(24)15-5-3-13(4-6-15)10-22-7-1-2-18(22)23/h3-6,8-9H,1-2,7,10-12H2. The Bertz CT molecular complexity index is 881. The highest BCUT2D eigenvalue weighted by Crippen LogP contribution is 2.39. The van der Waals surface area contributed by atoms with Gasteiger partial charge >= 0.3 is 5.97 Å². The van der Waals surface area contributed by atoms with Crippen molar-refractivity contribution in [1.29, 1.82) is 0 Å². The van der Waals surface area contributed by atoms with Crippen LogP contribution in [0, 0.1) is 0 Å². The minimum absolute atomic E-state index is 0.0826. The average Bonchev–Trinajstić information content (AvgIpc) is 3.30. The molecule has 0 bridgehead atoms. The van der Waals surface area contributed by atoms with E-state index in [1.807, 2.05) is 17.0 Å². The second-order valence-electron chi connectivity index (χ2n) is 6.50. The van der Waals surface area contributed by atoms with Gasteiger partial charge in [-0.3, -0.25) is 4.79 Å². The van der Waals surface area contributed by atoms with Crippen molar-refractivity contribution in [3.8, 4) is 11.5 Å². The first-order chi connectivity index (χ1) is 13.1. The molecule has 2 aliphatic rings. The largest absolute Gasteiger partial charge is 0.457 e. The molecule has 1 amide bonds. The molecular formula is C20H18ClNO5. The lowest BCUT2D eigenvalue weighted by molar-refractivity contribution is -0.128. The number of esters is 1. The summed E-state index contributed by atoms with van der Waals surface area (Å²) in [5.74, 6) is 0.821. The summed E-state index contributed by atoms with van der Waals surface area (Å²) in [5.41, 5.74) is 2.17. The summed E-state index contributed by atoms with van der Waals surface area (Å²) in [6.45, 7) is 1.58. The molecule has 0 N–H and O–H groups in total. The van der Waals surface area contributed by atoms with E-state index in [9.17, 15) is 9.59 Å². The van der Waals surface area contributed by atoms with Crippen molar-refractivity contribution in [1.82, 2.24) is 4.90 Å². The van der Waals surface area contributed by atoms with Gasteiger partial charge in [0.25, 0.3) is 0 Å². The van der Waals surface area contributed by atoms with Crippen LogP contribution in [0.5, 0.6) is 11.5 Å². The SMILES string of the molecule is O=C(OCc1cc(Cl)c2c(c1)OCO2)c1ccc(CN2CCCC2=O)cc1. The number of carbonyl (C=O) groups excluding carboxylic acids is 2. The van der Waals surface area contributed by atoms with Crippen LogP contribution in [0.4, 0.5) is 0 Å². The summed E-state index contributed by atoms with van der Waals surface area (Å²) in [7, 11) is 0. The van der Waals surface area contributed by atoms with E-state index < -0.39 is 5.97 Å². The normalized spacial score (nSPS) is 15.3. The van der Waals surface area contributed by atoms with Gasteiger partial charge in [-0.15, -0.1) is 0 Å². The zero-order valence-electron chi connectivity index (χ0n) is 14.6. The van der Waals surface area contributed by atoms with Crippen molar-refractivity contribution in [3.05, 3.63) is 58.1 Å². The second kappa shape index (κ2) is 7.48. The Kier molecular flexibility index (Phi) is 4.90. The van der Waals surface area contributed by atoms with Gasteiger partial charge in [0.05, 0.1) is 10.6 Å². The van der Waals surface area contributed by atoms with Crippen LogP contribution in [0.2, 0.25) is 5.02 Å². The minimum Gasteiger partial charge on any atom is -0.457 e. The molecule has 0 aromatic heterocycles. The Labute approximate surface area is 161 Å². The number of hydrogen-bond acceptors (Lipinski definition) is 5. The first-order valence-electron chi connectivity index (χ1n) is 8.72. The van der Waals surface area contributed by atoms with Crippen LogP contribution in [-0.4, -0.2) is 30.1 Å². The molecule has 0 radical (unpaired) electrons. The van der Waals surface area contributed by atoms with Gasteiger partial charge in [0.15, 0.2) is 11.5 Å². The van der Waals surface area contributed by atoms with Crippen molar-refractivity contribution < 1.29 is 23.8 Å². The fraction of sp³-hybridized carbons (Fsp3) is 0.300. The third kappa shape index (κ3) is 3.85. The van der Waals surface area contributed by atoms with Gasteiger partial charge in [0.1, 0.15) is 6.61 Å². The molecule has 0 unspecified atom stereocenters. The Balaban J connectivity index is 1.36. The molecule has 0 saturated carbocycles. The molecule has 2 heterocycles. The predicted molar refractivity (Wildman–Crippen MR) is 97.8 cm³/mol. The third-order valence-corrected chi connectivity index (χ3v) is 4.87. The first-order valence-corrected chi connectivity index (χ1v) is 9.10. The monoisotopic (exact) mass is 387 g/mol. The fourth-order valence-corrected chi connectivity index (χ4v) is 3.46. The zero-order chi connectivity index (χ0) is 18.8. The summed E-state index contributed by atoms with van der Waals surface area (Å²) < 4.78 is 15.9. The molecule has 0 atom stereocenters. The molecule has 1 fully saturated rings. The van der Waals surface area contributed by atoms with Crippen LogP contribution in [-0.2, 0) is 22.7 Å². The summed E-state index contributed by atoms with van der Waals surface area (Å²) in [4.78, 5) is 25.8. The molecule has 6 nitrogen and oxygen atoms in total. The van der Waals surface area contributed by atoms with Crippen LogP contribution in [0.15, 0.2) is 36.4 Å². The Morgan fingerprint density at radius 1 is 1.15 bits per heavy atom. The summed E-state index contributed by atoms with van der Waals surface area (Å²) in [6.07, 6.45) is 1.53. The molecule has 7 heteroatoms. The molecule has 2 aliphatic heterocycles. The fourth-order valence-electron chi connectivity index (χ4n) is 3.17. The van der Waals surface area contributed by atoms with Gasteiger partial charge < -0.3 is 19.1 Å². The van der Waals surface area contributed by atoms with Crippen molar-refractivity contribution in [2.24, 2.45) is 0 Å². The molecule has 0 spiro atoms. The number of benzene rings is 2. The smallest absolute Gasteiger partial charge is 0.338 e. The highest BCUT2D eigenvalue weighted by atomic mass is 35.5. The molecule has 1 saturated heterocycles. The van der Waals surface area contributed by atoms with Crippen molar-refractivity contribution in [3.63, 3.8) is 0 Å². The second-order valence-corrected chi connectivity index (χ2v) is 6.91. The van der Waals surface area contributed by atoms with Crippen LogP contribution < -0.4 is 9.47 Å². The number of carbonyl (C=O) groups is 2. The maximum atomic E-state index is 12.3. The van der Waals surface area contributed by atoms with E-state index in [-0.39, 0.29) is 19.3 Å². The number of nitrogens with zero attached hydrogens (tertiary/aromatic N) is 1. The van der Waals surface area contributed by atoms with Crippen molar-refractivity contribution in [2.75, 3.05) is 13.3 Å². The molecule has 2 aromatic rings. The van der Waals surface area contributed by atoms with E-state index in [2.05, 4.69) is 0 Å². The number of ether oxygens (including phenoxy) is 3. The first kappa shape index (κ1) is 17.7. The highest BCUT2D eigenvalue weighted by Gasteiger charge is 2.21. The molecule has 0 aliphatic carbocycles. The molecule has 27 heavy (non-hydrogen) atoms. The summed E-state index contributed by atoms with van der Waals surface area (Å²) in [5, 5.41) is 0.428. The van der Waals surface area contributed by atoms with E-state index >= 15 is 0 Å². The molecule has 2 aromatic carbocycles.